The second-order valence-electron chi connectivity index (χ2n) is 8.98. The van der Waals surface area contributed by atoms with E-state index < -0.39 is 11.2 Å². The molecule has 1 N–H and O–H groups in total. The minimum Gasteiger partial charge on any atom is -0.353 e. The van der Waals surface area contributed by atoms with Crippen molar-refractivity contribution >= 4 is 11.8 Å². The highest BCUT2D eigenvalue weighted by Gasteiger charge is 2.46. The Hall–Kier alpha value is -3.54. The molecule has 0 bridgehead atoms. The molecule has 2 heterocycles. The van der Waals surface area contributed by atoms with Crippen molar-refractivity contribution in [2.45, 2.75) is 32.7 Å². The van der Waals surface area contributed by atoms with Gasteiger partial charge in [0.2, 0.25) is 5.91 Å². The Morgan fingerprint density at radius 2 is 1.82 bits per heavy atom. The SMILES string of the molecule is CC(C)NC(=O)[C@@]1(Cc2cccc(-c3ccncc3)c2)CCN(C(=O)c2ccccc2F)C1. The first-order valence-electron chi connectivity index (χ1n) is 11.2. The van der Waals surface area contributed by atoms with E-state index in [1.165, 1.54) is 12.1 Å². The highest BCUT2D eigenvalue weighted by molar-refractivity contribution is 5.95. The molecule has 33 heavy (non-hydrogen) atoms. The number of benzene rings is 2. The highest BCUT2D eigenvalue weighted by Crippen LogP contribution is 2.36. The second kappa shape index (κ2) is 9.53. The van der Waals surface area contributed by atoms with E-state index in [0.29, 0.717) is 19.4 Å². The summed E-state index contributed by atoms with van der Waals surface area (Å²) in [6.45, 7) is 4.50. The van der Waals surface area contributed by atoms with Gasteiger partial charge in [0.25, 0.3) is 5.91 Å². The average molecular weight is 446 g/mol. The maximum atomic E-state index is 14.2. The van der Waals surface area contributed by atoms with Gasteiger partial charge in [0, 0.05) is 31.5 Å². The molecule has 0 unspecified atom stereocenters. The van der Waals surface area contributed by atoms with E-state index in [0.717, 1.165) is 16.7 Å². The first kappa shape index (κ1) is 22.6. The van der Waals surface area contributed by atoms with Crippen LogP contribution in [0.25, 0.3) is 11.1 Å². The van der Waals surface area contributed by atoms with Gasteiger partial charge in [-0.1, -0.05) is 36.4 Å². The van der Waals surface area contributed by atoms with Crippen molar-refractivity contribution in [3.63, 3.8) is 0 Å². The first-order valence-corrected chi connectivity index (χ1v) is 11.2. The number of hydrogen-bond donors (Lipinski definition) is 1. The Bertz CT molecular complexity index is 1150. The lowest BCUT2D eigenvalue weighted by Gasteiger charge is -2.29. The minimum atomic E-state index is -0.776. The molecule has 1 saturated heterocycles. The van der Waals surface area contributed by atoms with Crippen LogP contribution in [-0.2, 0) is 11.2 Å². The smallest absolute Gasteiger partial charge is 0.256 e. The molecule has 0 spiro atoms. The standard InChI is InChI=1S/C27H28FN3O2/c1-19(2)30-26(33)27(12-15-31(18-27)25(32)23-8-3-4-9-24(23)28)17-20-6-5-7-22(16-20)21-10-13-29-14-11-21/h3-11,13-14,16,19H,12,15,17-18H2,1-2H3,(H,30,33)/t27-/m1/s1. The molecule has 0 aliphatic carbocycles. The van der Waals surface area contributed by atoms with E-state index in [9.17, 15) is 14.0 Å². The molecule has 0 radical (unpaired) electrons. The molecule has 170 valence electrons. The molecular formula is C27H28FN3O2. The fourth-order valence-corrected chi connectivity index (χ4v) is 4.47. The van der Waals surface area contributed by atoms with Crippen LogP contribution in [0, 0.1) is 11.2 Å². The van der Waals surface area contributed by atoms with Crippen molar-refractivity contribution < 1.29 is 14.0 Å². The summed E-state index contributed by atoms with van der Waals surface area (Å²) in [5, 5.41) is 3.04. The lowest BCUT2D eigenvalue weighted by molar-refractivity contribution is -0.130. The molecule has 1 fully saturated rings. The predicted molar refractivity (Wildman–Crippen MR) is 126 cm³/mol. The third kappa shape index (κ3) is 4.95. The highest BCUT2D eigenvalue weighted by atomic mass is 19.1. The Balaban J connectivity index is 1.62. The van der Waals surface area contributed by atoms with Gasteiger partial charge in [-0.25, -0.2) is 4.39 Å². The van der Waals surface area contributed by atoms with Crippen LogP contribution in [0.5, 0.6) is 0 Å². The lowest BCUT2D eigenvalue weighted by atomic mass is 9.79. The molecule has 1 aromatic heterocycles. The summed E-state index contributed by atoms with van der Waals surface area (Å²) in [5.41, 5.74) is 2.38. The van der Waals surface area contributed by atoms with Crippen molar-refractivity contribution in [1.82, 2.24) is 15.2 Å². The van der Waals surface area contributed by atoms with E-state index in [1.54, 1.807) is 29.4 Å². The number of carbonyl (C=O) groups excluding carboxylic acids is 2. The molecule has 2 aromatic carbocycles. The minimum absolute atomic E-state index is 0.0196. The second-order valence-corrected chi connectivity index (χ2v) is 8.98. The van der Waals surface area contributed by atoms with Crippen LogP contribution < -0.4 is 5.32 Å². The zero-order valence-electron chi connectivity index (χ0n) is 18.9. The summed E-state index contributed by atoms with van der Waals surface area (Å²) < 4.78 is 14.2. The molecule has 1 aliphatic heterocycles. The Kier molecular flexibility index (Phi) is 6.54. The maximum absolute atomic E-state index is 14.2. The molecule has 6 heteroatoms. The summed E-state index contributed by atoms with van der Waals surface area (Å²) in [6.07, 6.45) is 4.52. The molecule has 2 amide bonds. The summed E-state index contributed by atoms with van der Waals surface area (Å²) in [6, 6.07) is 18.0. The van der Waals surface area contributed by atoms with Crippen LogP contribution in [0.15, 0.2) is 73.1 Å². The normalized spacial score (nSPS) is 17.9. The van der Waals surface area contributed by atoms with Gasteiger partial charge in [0.1, 0.15) is 5.82 Å². The van der Waals surface area contributed by atoms with Crippen molar-refractivity contribution in [2.24, 2.45) is 5.41 Å². The van der Waals surface area contributed by atoms with Crippen LogP contribution in [0.4, 0.5) is 4.39 Å². The van der Waals surface area contributed by atoms with Crippen LogP contribution >= 0.6 is 0 Å². The number of halogens is 1. The van der Waals surface area contributed by atoms with Gasteiger partial charge >= 0.3 is 0 Å². The van der Waals surface area contributed by atoms with E-state index in [-0.39, 0.29) is 30.0 Å². The third-order valence-corrected chi connectivity index (χ3v) is 6.13. The zero-order chi connectivity index (χ0) is 23.4. The zero-order valence-corrected chi connectivity index (χ0v) is 18.9. The first-order chi connectivity index (χ1) is 15.9. The van der Waals surface area contributed by atoms with Gasteiger partial charge < -0.3 is 10.2 Å². The number of nitrogens with zero attached hydrogens (tertiary/aromatic N) is 2. The van der Waals surface area contributed by atoms with Gasteiger partial charge in [-0.15, -0.1) is 0 Å². The monoisotopic (exact) mass is 445 g/mol. The molecule has 3 aromatic rings. The van der Waals surface area contributed by atoms with Crippen molar-refractivity contribution in [3.05, 3.63) is 90.0 Å². The number of carbonyl (C=O) groups is 2. The summed E-state index contributed by atoms with van der Waals surface area (Å²) in [5.74, 6) is -0.995. The Morgan fingerprint density at radius 1 is 1.06 bits per heavy atom. The van der Waals surface area contributed by atoms with Gasteiger partial charge in [-0.05, 0) is 67.6 Å². The maximum Gasteiger partial charge on any atom is 0.256 e. The Labute approximate surface area is 193 Å². The van der Waals surface area contributed by atoms with Crippen LogP contribution in [0.2, 0.25) is 0 Å². The number of nitrogens with one attached hydrogen (secondary N) is 1. The number of rotatable bonds is 6. The predicted octanol–water partition coefficient (Wildman–Crippen LogP) is 4.49. The molecular weight excluding hydrogens is 417 g/mol. The average Bonchev–Trinajstić information content (AvgIpc) is 3.25. The van der Waals surface area contributed by atoms with Gasteiger partial charge in [-0.2, -0.15) is 0 Å². The molecule has 0 saturated carbocycles. The van der Waals surface area contributed by atoms with Gasteiger partial charge in [0.05, 0.1) is 11.0 Å². The Morgan fingerprint density at radius 3 is 2.55 bits per heavy atom. The third-order valence-electron chi connectivity index (χ3n) is 6.13. The van der Waals surface area contributed by atoms with Crippen LogP contribution in [0.1, 0.15) is 36.2 Å². The fraction of sp³-hybridized carbons (Fsp3) is 0.296. The summed E-state index contributed by atoms with van der Waals surface area (Å²) >= 11 is 0. The van der Waals surface area contributed by atoms with E-state index in [2.05, 4.69) is 16.4 Å². The lowest BCUT2D eigenvalue weighted by Crippen LogP contribution is -2.47. The van der Waals surface area contributed by atoms with E-state index in [4.69, 9.17) is 0 Å². The van der Waals surface area contributed by atoms with Crippen molar-refractivity contribution in [1.29, 1.82) is 0 Å². The summed E-state index contributed by atoms with van der Waals surface area (Å²) in [7, 11) is 0. The van der Waals surface area contributed by atoms with Crippen LogP contribution in [0.3, 0.4) is 0 Å². The molecule has 5 nitrogen and oxygen atoms in total. The molecule has 1 aliphatic rings. The van der Waals surface area contributed by atoms with E-state index >= 15 is 0 Å². The largest absolute Gasteiger partial charge is 0.353 e. The van der Waals surface area contributed by atoms with E-state index in [1.807, 2.05) is 44.2 Å². The fourth-order valence-electron chi connectivity index (χ4n) is 4.47. The number of aromatic nitrogens is 1. The summed E-state index contributed by atoms with van der Waals surface area (Å²) in [4.78, 5) is 32.1. The topological polar surface area (TPSA) is 62.3 Å². The molecule has 4 rings (SSSR count). The van der Waals surface area contributed by atoms with Gasteiger partial charge in [0.15, 0.2) is 0 Å². The number of hydrogen-bond acceptors (Lipinski definition) is 3. The number of likely N-dealkylation sites (tertiary alicyclic amines) is 1. The quantitative estimate of drug-likeness (QED) is 0.608. The van der Waals surface area contributed by atoms with Gasteiger partial charge in [-0.3, -0.25) is 14.6 Å². The van der Waals surface area contributed by atoms with Crippen molar-refractivity contribution in [3.8, 4) is 11.1 Å². The number of pyridine rings is 1. The number of amides is 2. The van der Waals surface area contributed by atoms with Crippen LogP contribution in [-0.4, -0.2) is 40.8 Å². The molecule has 1 atom stereocenters. The van der Waals surface area contributed by atoms with Crippen molar-refractivity contribution in [2.75, 3.05) is 13.1 Å².